The van der Waals surface area contributed by atoms with Gasteiger partial charge in [-0.2, -0.15) is 0 Å². The molecule has 1 aliphatic carbocycles. The smallest absolute Gasteiger partial charge is 0.0150 e. The molecule has 0 radical (unpaired) electrons. The Labute approximate surface area is 103 Å². The fourth-order valence-electron chi connectivity index (χ4n) is 2.49. The quantitative estimate of drug-likeness (QED) is 0.643. The first-order valence-corrected chi connectivity index (χ1v) is 6.20. The second-order valence-electron chi connectivity index (χ2n) is 4.75. The molecule has 0 heterocycles. The molecule has 0 fully saturated rings. The lowest BCUT2D eigenvalue weighted by Gasteiger charge is -2.18. The Kier molecular flexibility index (Phi) is 2.56. The zero-order valence-electron chi connectivity index (χ0n) is 10.1. The minimum Gasteiger partial charge on any atom is -0.0833 e. The van der Waals surface area contributed by atoms with Gasteiger partial charge >= 0.3 is 0 Å². The molecule has 1 atom stereocenters. The first-order chi connectivity index (χ1) is 8.34. The van der Waals surface area contributed by atoms with Gasteiger partial charge in [-0.25, -0.2) is 0 Å². The highest BCUT2D eigenvalue weighted by molar-refractivity contribution is 5.69. The molecule has 2 aromatic rings. The van der Waals surface area contributed by atoms with Gasteiger partial charge in [0.2, 0.25) is 0 Å². The molecule has 0 amide bonds. The molecule has 1 aliphatic rings. The van der Waals surface area contributed by atoms with Crippen LogP contribution in [0.15, 0.2) is 54.6 Å². The van der Waals surface area contributed by atoms with E-state index in [2.05, 4.69) is 67.6 Å². The minimum absolute atomic E-state index is 0.638. The lowest BCUT2D eigenvalue weighted by molar-refractivity contribution is 0.772. The Morgan fingerprint density at radius 2 is 1.76 bits per heavy atom. The topological polar surface area (TPSA) is 0 Å². The van der Waals surface area contributed by atoms with Gasteiger partial charge in [-0.3, -0.25) is 0 Å². The molecule has 17 heavy (non-hydrogen) atoms. The zero-order valence-corrected chi connectivity index (χ0v) is 10.1. The van der Waals surface area contributed by atoms with Gasteiger partial charge in [0.1, 0.15) is 0 Å². The Hall–Kier alpha value is -1.82. The summed E-state index contributed by atoms with van der Waals surface area (Å²) in [5.74, 6) is 0.638. The van der Waals surface area contributed by atoms with Crippen molar-refractivity contribution in [3.8, 4) is 11.1 Å². The van der Waals surface area contributed by atoms with Gasteiger partial charge in [0.15, 0.2) is 0 Å². The molecule has 0 saturated heterocycles. The first kappa shape index (κ1) is 10.3. The maximum absolute atomic E-state index is 2.35. The van der Waals surface area contributed by atoms with Crippen molar-refractivity contribution in [3.63, 3.8) is 0 Å². The van der Waals surface area contributed by atoms with E-state index >= 15 is 0 Å². The summed E-state index contributed by atoms with van der Waals surface area (Å²) in [5.41, 5.74) is 5.49. The van der Waals surface area contributed by atoms with E-state index in [1.54, 1.807) is 0 Å². The van der Waals surface area contributed by atoms with Crippen molar-refractivity contribution in [1.82, 2.24) is 0 Å². The molecule has 0 bridgehead atoms. The van der Waals surface area contributed by atoms with Gasteiger partial charge < -0.3 is 0 Å². The lowest BCUT2D eigenvalue weighted by atomic mass is 9.86. The molecule has 3 rings (SSSR count). The summed E-state index contributed by atoms with van der Waals surface area (Å²) in [7, 11) is 0. The highest BCUT2D eigenvalue weighted by Crippen LogP contribution is 2.32. The van der Waals surface area contributed by atoms with Crippen LogP contribution in [0.2, 0.25) is 0 Å². The van der Waals surface area contributed by atoms with Crippen LogP contribution in [-0.2, 0) is 0 Å². The van der Waals surface area contributed by atoms with Crippen LogP contribution in [-0.4, -0.2) is 0 Å². The summed E-state index contributed by atoms with van der Waals surface area (Å²) in [6, 6.07) is 17.4. The minimum atomic E-state index is 0.638. The number of hydrogen-bond donors (Lipinski definition) is 0. The summed E-state index contributed by atoms with van der Waals surface area (Å²) in [4.78, 5) is 0. The highest BCUT2D eigenvalue weighted by atomic mass is 14.2. The van der Waals surface area contributed by atoms with Crippen LogP contribution in [0.3, 0.4) is 0 Å². The Morgan fingerprint density at radius 1 is 0.941 bits per heavy atom. The van der Waals surface area contributed by atoms with E-state index in [0.29, 0.717) is 5.92 Å². The van der Waals surface area contributed by atoms with E-state index in [9.17, 15) is 0 Å². The SMILES string of the molecule is CC1CC=Cc2ccc(-c3ccccc3)cc21. The average molecular weight is 220 g/mol. The van der Waals surface area contributed by atoms with Gasteiger partial charge in [0.25, 0.3) is 0 Å². The van der Waals surface area contributed by atoms with Crippen molar-refractivity contribution in [3.05, 3.63) is 65.7 Å². The summed E-state index contributed by atoms with van der Waals surface area (Å²) >= 11 is 0. The fraction of sp³-hybridized carbons (Fsp3) is 0.176. The first-order valence-electron chi connectivity index (χ1n) is 6.20. The number of benzene rings is 2. The Balaban J connectivity index is 2.10. The summed E-state index contributed by atoms with van der Waals surface area (Å²) < 4.78 is 0. The fourth-order valence-corrected chi connectivity index (χ4v) is 2.49. The van der Waals surface area contributed by atoms with Gasteiger partial charge in [-0.1, -0.05) is 67.6 Å². The molecular weight excluding hydrogens is 204 g/mol. The van der Waals surface area contributed by atoms with Crippen molar-refractivity contribution in [2.24, 2.45) is 0 Å². The third kappa shape index (κ3) is 1.91. The van der Waals surface area contributed by atoms with Crippen LogP contribution in [0.25, 0.3) is 17.2 Å². The lowest BCUT2D eigenvalue weighted by Crippen LogP contribution is -1.99. The molecular formula is C17H16. The van der Waals surface area contributed by atoms with Crippen LogP contribution in [0.1, 0.15) is 30.4 Å². The normalized spacial score (nSPS) is 17.8. The Bertz CT molecular complexity index is 550. The van der Waals surface area contributed by atoms with Crippen LogP contribution in [0.4, 0.5) is 0 Å². The highest BCUT2D eigenvalue weighted by Gasteiger charge is 2.12. The molecule has 0 heteroatoms. The standard InChI is InChI=1S/C17H16/c1-13-6-5-9-15-10-11-16(12-17(13)15)14-7-3-2-4-8-14/h2-5,7-13H,6H2,1H3. The van der Waals surface area contributed by atoms with E-state index in [1.165, 1.54) is 22.3 Å². The van der Waals surface area contributed by atoms with Crippen molar-refractivity contribution in [2.45, 2.75) is 19.3 Å². The van der Waals surface area contributed by atoms with Crippen molar-refractivity contribution in [2.75, 3.05) is 0 Å². The largest absolute Gasteiger partial charge is 0.0833 e. The predicted molar refractivity (Wildman–Crippen MR) is 73.9 cm³/mol. The number of rotatable bonds is 1. The van der Waals surface area contributed by atoms with Crippen LogP contribution < -0.4 is 0 Å². The van der Waals surface area contributed by atoms with Crippen LogP contribution >= 0.6 is 0 Å². The zero-order chi connectivity index (χ0) is 11.7. The summed E-state index contributed by atoms with van der Waals surface area (Å²) in [5, 5.41) is 0. The van der Waals surface area contributed by atoms with Crippen molar-refractivity contribution in [1.29, 1.82) is 0 Å². The van der Waals surface area contributed by atoms with Gasteiger partial charge in [0.05, 0.1) is 0 Å². The van der Waals surface area contributed by atoms with Crippen LogP contribution in [0.5, 0.6) is 0 Å². The molecule has 1 unspecified atom stereocenters. The van der Waals surface area contributed by atoms with Crippen LogP contribution in [0, 0.1) is 0 Å². The summed E-state index contributed by atoms with van der Waals surface area (Å²) in [6.07, 6.45) is 5.67. The van der Waals surface area contributed by atoms with Gasteiger partial charge in [-0.15, -0.1) is 0 Å². The number of hydrogen-bond acceptors (Lipinski definition) is 0. The van der Waals surface area contributed by atoms with Gasteiger partial charge in [0, 0.05) is 0 Å². The molecule has 0 saturated carbocycles. The third-order valence-electron chi connectivity index (χ3n) is 3.51. The van der Waals surface area contributed by atoms with E-state index in [0.717, 1.165) is 6.42 Å². The molecule has 0 aliphatic heterocycles. The molecule has 0 spiro atoms. The summed E-state index contributed by atoms with van der Waals surface area (Å²) in [6.45, 7) is 2.30. The second-order valence-corrected chi connectivity index (χ2v) is 4.75. The van der Waals surface area contributed by atoms with Gasteiger partial charge in [-0.05, 0) is 34.6 Å². The molecule has 2 aromatic carbocycles. The molecule has 0 nitrogen and oxygen atoms in total. The maximum Gasteiger partial charge on any atom is -0.0150 e. The molecule has 0 aromatic heterocycles. The predicted octanol–water partition coefficient (Wildman–Crippen LogP) is 4.87. The average Bonchev–Trinajstić information content (AvgIpc) is 2.40. The van der Waals surface area contributed by atoms with E-state index in [-0.39, 0.29) is 0 Å². The molecule has 0 N–H and O–H groups in total. The van der Waals surface area contributed by atoms with Crippen molar-refractivity contribution >= 4 is 6.08 Å². The monoisotopic (exact) mass is 220 g/mol. The molecule has 84 valence electrons. The van der Waals surface area contributed by atoms with E-state index in [4.69, 9.17) is 0 Å². The second kappa shape index (κ2) is 4.21. The maximum atomic E-state index is 2.35. The Morgan fingerprint density at radius 3 is 2.59 bits per heavy atom. The number of fused-ring (bicyclic) bond motifs is 1. The van der Waals surface area contributed by atoms with E-state index in [1.807, 2.05) is 0 Å². The van der Waals surface area contributed by atoms with E-state index < -0.39 is 0 Å². The third-order valence-corrected chi connectivity index (χ3v) is 3.51. The van der Waals surface area contributed by atoms with Crippen molar-refractivity contribution < 1.29 is 0 Å². The number of allylic oxidation sites excluding steroid dienone is 1.